The minimum Gasteiger partial charge on any atom is -0.348 e. The van der Waals surface area contributed by atoms with Crippen molar-refractivity contribution in [2.24, 2.45) is 0 Å². The van der Waals surface area contributed by atoms with Crippen LogP contribution in [0.25, 0.3) is 0 Å². The maximum absolute atomic E-state index is 13.0. The SMILES string of the molecule is CC(NC(=O)CN1CCN(Cc2cccs2)CC1)c1ccc(F)cc1. The first kappa shape index (κ1) is 18.0. The van der Waals surface area contributed by atoms with Crippen LogP contribution in [0.1, 0.15) is 23.4 Å². The van der Waals surface area contributed by atoms with Gasteiger partial charge in [0.15, 0.2) is 0 Å². The predicted octanol–water partition coefficient (Wildman–Crippen LogP) is 2.88. The van der Waals surface area contributed by atoms with E-state index in [2.05, 4.69) is 32.6 Å². The van der Waals surface area contributed by atoms with Crippen LogP contribution >= 0.6 is 11.3 Å². The first-order valence-corrected chi connectivity index (χ1v) is 9.50. The van der Waals surface area contributed by atoms with E-state index in [9.17, 15) is 9.18 Å². The van der Waals surface area contributed by atoms with Gasteiger partial charge in [-0.2, -0.15) is 0 Å². The van der Waals surface area contributed by atoms with E-state index in [1.165, 1.54) is 17.0 Å². The van der Waals surface area contributed by atoms with Gasteiger partial charge >= 0.3 is 0 Å². The number of rotatable bonds is 6. The zero-order valence-corrected chi connectivity index (χ0v) is 15.3. The van der Waals surface area contributed by atoms with Gasteiger partial charge in [-0.15, -0.1) is 11.3 Å². The summed E-state index contributed by atoms with van der Waals surface area (Å²) in [4.78, 5) is 18.3. The summed E-state index contributed by atoms with van der Waals surface area (Å²) in [5.41, 5.74) is 0.913. The van der Waals surface area contributed by atoms with Crippen LogP contribution in [0.2, 0.25) is 0 Å². The van der Waals surface area contributed by atoms with E-state index < -0.39 is 0 Å². The molecule has 1 aliphatic heterocycles. The molecule has 1 amide bonds. The van der Waals surface area contributed by atoms with E-state index in [4.69, 9.17) is 0 Å². The number of benzene rings is 1. The minimum absolute atomic E-state index is 0.0172. The van der Waals surface area contributed by atoms with Gasteiger partial charge in [-0.05, 0) is 36.1 Å². The summed E-state index contributed by atoms with van der Waals surface area (Å²) in [5, 5.41) is 5.10. The summed E-state index contributed by atoms with van der Waals surface area (Å²) >= 11 is 1.79. The van der Waals surface area contributed by atoms with Gasteiger partial charge in [0.25, 0.3) is 0 Å². The zero-order chi connectivity index (χ0) is 17.6. The number of piperazine rings is 1. The van der Waals surface area contributed by atoms with Crippen LogP contribution in [0.15, 0.2) is 41.8 Å². The van der Waals surface area contributed by atoms with Crippen molar-refractivity contribution in [1.82, 2.24) is 15.1 Å². The molecule has 1 fully saturated rings. The quantitative estimate of drug-likeness (QED) is 0.859. The maximum atomic E-state index is 13.0. The predicted molar refractivity (Wildman–Crippen MR) is 99.0 cm³/mol. The molecule has 2 heterocycles. The lowest BCUT2D eigenvalue weighted by Crippen LogP contribution is -2.49. The zero-order valence-electron chi connectivity index (χ0n) is 14.5. The van der Waals surface area contributed by atoms with Gasteiger partial charge in [-0.3, -0.25) is 14.6 Å². The van der Waals surface area contributed by atoms with Gasteiger partial charge in [0.2, 0.25) is 5.91 Å². The Labute approximate surface area is 152 Å². The number of carbonyl (C=O) groups excluding carboxylic acids is 1. The van der Waals surface area contributed by atoms with E-state index in [1.807, 2.05) is 6.92 Å². The highest BCUT2D eigenvalue weighted by atomic mass is 32.1. The average molecular weight is 361 g/mol. The Hall–Kier alpha value is -1.76. The Kier molecular flexibility index (Phi) is 6.18. The van der Waals surface area contributed by atoms with Crippen molar-refractivity contribution < 1.29 is 9.18 Å². The highest BCUT2D eigenvalue weighted by molar-refractivity contribution is 7.09. The van der Waals surface area contributed by atoms with E-state index in [-0.39, 0.29) is 17.8 Å². The highest BCUT2D eigenvalue weighted by Gasteiger charge is 2.20. The minimum atomic E-state index is -0.261. The summed E-state index contributed by atoms with van der Waals surface area (Å²) in [6.07, 6.45) is 0. The molecular weight excluding hydrogens is 337 g/mol. The maximum Gasteiger partial charge on any atom is 0.234 e. The summed E-state index contributed by atoms with van der Waals surface area (Å²) in [6.45, 7) is 7.12. The van der Waals surface area contributed by atoms with Crippen LogP contribution in [0.3, 0.4) is 0 Å². The molecule has 1 saturated heterocycles. The van der Waals surface area contributed by atoms with Crippen molar-refractivity contribution in [3.05, 3.63) is 58.0 Å². The number of amides is 1. The molecule has 0 bridgehead atoms. The normalized spacial score (nSPS) is 17.4. The number of carbonyl (C=O) groups is 1. The Morgan fingerprint density at radius 1 is 1.16 bits per heavy atom. The van der Waals surface area contributed by atoms with E-state index >= 15 is 0 Å². The molecule has 1 aromatic carbocycles. The van der Waals surface area contributed by atoms with E-state index in [0.29, 0.717) is 6.54 Å². The summed E-state index contributed by atoms with van der Waals surface area (Å²) in [6, 6.07) is 10.4. The highest BCUT2D eigenvalue weighted by Crippen LogP contribution is 2.14. The number of hydrogen-bond acceptors (Lipinski definition) is 4. The molecule has 1 aromatic heterocycles. The molecule has 0 saturated carbocycles. The van der Waals surface area contributed by atoms with Crippen LogP contribution in [0.4, 0.5) is 4.39 Å². The molecule has 25 heavy (non-hydrogen) atoms. The van der Waals surface area contributed by atoms with Crippen molar-refractivity contribution in [3.8, 4) is 0 Å². The summed E-state index contributed by atoms with van der Waals surface area (Å²) in [7, 11) is 0. The lowest BCUT2D eigenvalue weighted by atomic mass is 10.1. The third kappa shape index (κ3) is 5.36. The molecule has 1 atom stereocenters. The number of nitrogens with zero attached hydrogens (tertiary/aromatic N) is 2. The molecule has 6 heteroatoms. The lowest BCUT2D eigenvalue weighted by molar-refractivity contribution is -0.123. The molecule has 2 aromatic rings. The molecule has 134 valence electrons. The molecule has 1 N–H and O–H groups in total. The Morgan fingerprint density at radius 2 is 1.84 bits per heavy atom. The third-order valence-corrected chi connectivity index (χ3v) is 5.40. The number of nitrogens with one attached hydrogen (secondary N) is 1. The van der Waals surface area contributed by atoms with Crippen molar-refractivity contribution in [3.63, 3.8) is 0 Å². The van der Waals surface area contributed by atoms with Crippen molar-refractivity contribution in [2.45, 2.75) is 19.5 Å². The number of halogens is 1. The fourth-order valence-electron chi connectivity index (χ4n) is 3.05. The molecule has 0 aliphatic carbocycles. The monoisotopic (exact) mass is 361 g/mol. The van der Waals surface area contributed by atoms with E-state index in [1.54, 1.807) is 23.5 Å². The number of thiophene rings is 1. The topological polar surface area (TPSA) is 35.6 Å². The van der Waals surface area contributed by atoms with Crippen LogP contribution in [-0.2, 0) is 11.3 Å². The second kappa shape index (κ2) is 8.56. The van der Waals surface area contributed by atoms with E-state index in [0.717, 1.165) is 38.3 Å². The molecule has 1 unspecified atom stereocenters. The van der Waals surface area contributed by atoms with Crippen LogP contribution < -0.4 is 5.32 Å². The van der Waals surface area contributed by atoms with Crippen LogP contribution in [0, 0.1) is 5.82 Å². The standard InChI is InChI=1S/C19H24FN3OS/c1-15(16-4-6-17(20)7-5-16)21-19(24)14-23-10-8-22(9-11-23)13-18-3-2-12-25-18/h2-7,12,15H,8-11,13-14H2,1H3,(H,21,24). The second-order valence-electron chi connectivity index (χ2n) is 6.47. The molecule has 1 aliphatic rings. The molecule has 0 radical (unpaired) electrons. The van der Waals surface area contributed by atoms with Gasteiger partial charge in [-0.25, -0.2) is 4.39 Å². The first-order valence-electron chi connectivity index (χ1n) is 8.62. The largest absolute Gasteiger partial charge is 0.348 e. The third-order valence-electron chi connectivity index (χ3n) is 4.54. The van der Waals surface area contributed by atoms with Crippen LogP contribution in [-0.4, -0.2) is 48.4 Å². The number of hydrogen-bond donors (Lipinski definition) is 1. The molecule has 3 rings (SSSR count). The van der Waals surface area contributed by atoms with Gasteiger partial charge in [0.1, 0.15) is 5.82 Å². The average Bonchev–Trinajstić information content (AvgIpc) is 3.10. The van der Waals surface area contributed by atoms with Gasteiger partial charge in [0, 0.05) is 37.6 Å². The smallest absolute Gasteiger partial charge is 0.234 e. The Morgan fingerprint density at radius 3 is 2.48 bits per heavy atom. The van der Waals surface area contributed by atoms with Crippen molar-refractivity contribution >= 4 is 17.2 Å². The molecular formula is C19H24FN3OS. The Bertz CT molecular complexity index is 666. The Balaban J connectivity index is 1.40. The fourth-order valence-corrected chi connectivity index (χ4v) is 3.80. The molecule has 0 spiro atoms. The van der Waals surface area contributed by atoms with Crippen LogP contribution in [0.5, 0.6) is 0 Å². The summed E-state index contributed by atoms with van der Waals surface area (Å²) < 4.78 is 13.0. The second-order valence-corrected chi connectivity index (χ2v) is 7.50. The van der Waals surface area contributed by atoms with Crippen molar-refractivity contribution in [1.29, 1.82) is 0 Å². The lowest BCUT2D eigenvalue weighted by Gasteiger charge is -2.34. The van der Waals surface area contributed by atoms with Gasteiger partial charge < -0.3 is 5.32 Å². The molecule has 4 nitrogen and oxygen atoms in total. The van der Waals surface area contributed by atoms with Gasteiger partial charge in [0.05, 0.1) is 12.6 Å². The first-order chi connectivity index (χ1) is 12.1. The summed E-state index contributed by atoms with van der Waals surface area (Å²) in [5.74, 6) is -0.244. The fraction of sp³-hybridized carbons (Fsp3) is 0.421. The van der Waals surface area contributed by atoms with Crippen molar-refractivity contribution in [2.75, 3.05) is 32.7 Å². The van der Waals surface area contributed by atoms with Gasteiger partial charge in [-0.1, -0.05) is 18.2 Å².